The summed E-state index contributed by atoms with van der Waals surface area (Å²) in [6.07, 6.45) is 1.31. The van der Waals surface area contributed by atoms with Crippen LogP contribution < -0.4 is 4.74 Å². The van der Waals surface area contributed by atoms with E-state index in [0.717, 1.165) is 12.2 Å². The van der Waals surface area contributed by atoms with Crippen molar-refractivity contribution >= 4 is 10.8 Å². The van der Waals surface area contributed by atoms with E-state index < -0.39 is 0 Å². The van der Waals surface area contributed by atoms with E-state index in [1.165, 1.54) is 16.3 Å². The first-order valence-corrected chi connectivity index (χ1v) is 5.86. The molecule has 0 aliphatic heterocycles. The van der Waals surface area contributed by atoms with Gasteiger partial charge in [-0.25, -0.2) is 0 Å². The molecule has 16 heavy (non-hydrogen) atoms. The number of fused-ring (bicyclic) bond motifs is 1. The summed E-state index contributed by atoms with van der Waals surface area (Å²) in [6, 6.07) is 12.8. The highest BCUT2D eigenvalue weighted by molar-refractivity contribution is 5.84. The maximum Gasteiger partial charge on any atom is 0.120 e. The normalized spacial score (nSPS) is 12.7. The van der Waals surface area contributed by atoms with Crippen LogP contribution in [-0.2, 0) is 0 Å². The number of hydrogen-bond acceptors (Lipinski definition) is 1. The lowest BCUT2D eigenvalue weighted by Crippen LogP contribution is -2.09. The molecule has 0 saturated carbocycles. The fourth-order valence-corrected chi connectivity index (χ4v) is 1.73. The zero-order chi connectivity index (χ0) is 11.5. The first-order valence-electron chi connectivity index (χ1n) is 5.86. The number of rotatable bonds is 3. The molecule has 0 saturated heterocycles. The first kappa shape index (κ1) is 11.0. The predicted octanol–water partition coefficient (Wildman–Crippen LogP) is 4.33. The van der Waals surface area contributed by atoms with Crippen LogP contribution in [0.25, 0.3) is 10.8 Å². The van der Waals surface area contributed by atoms with Crippen molar-refractivity contribution in [3.63, 3.8) is 0 Å². The van der Waals surface area contributed by atoms with Crippen LogP contribution in [0.4, 0.5) is 0 Å². The van der Waals surface area contributed by atoms with Crippen LogP contribution in [0.5, 0.6) is 5.75 Å². The van der Waals surface area contributed by atoms with Gasteiger partial charge in [-0.3, -0.25) is 0 Å². The molecule has 0 fully saturated rings. The van der Waals surface area contributed by atoms with Gasteiger partial charge in [0, 0.05) is 0 Å². The zero-order valence-corrected chi connectivity index (χ0v) is 10.2. The molecule has 1 heteroatoms. The van der Waals surface area contributed by atoms with Crippen molar-refractivity contribution < 1.29 is 4.74 Å². The lowest BCUT2D eigenvalue weighted by Gasteiger charge is -2.13. The Morgan fingerprint density at radius 1 is 1.06 bits per heavy atom. The van der Waals surface area contributed by atoms with Crippen molar-refractivity contribution in [2.24, 2.45) is 0 Å². The molecule has 1 nitrogen and oxygen atoms in total. The molecule has 0 bridgehead atoms. The third kappa shape index (κ3) is 2.35. The van der Waals surface area contributed by atoms with Crippen LogP contribution in [0.15, 0.2) is 36.4 Å². The van der Waals surface area contributed by atoms with Gasteiger partial charge in [-0.1, -0.05) is 36.8 Å². The molecule has 1 atom stereocenters. The summed E-state index contributed by atoms with van der Waals surface area (Å²) in [7, 11) is 0. The highest BCUT2D eigenvalue weighted by Crippen LogP contribution is 2.22. The molecular formula is C15H18O. The van der Waals surface area contributed by atoms with Gasteiger partial charge in [0.05, 0.1) is 6.10 Å². The van der Waals surface area contributed by atoms with E-state index in [2.05, 4.69) is 51.1 Å². The van der Waals surface area contributed by atoms with Crippen molar-refractivity contribution in [1.29, 1.82) is 0 Å². The molecule has 0 amide bonds. The summed E-state index contributed by atoms with van der Waals surface area (Å²) in [5.41, 5.74) is 1.29. The van der Waals surface area contributed by atoms with Gasteiger partial charge in [-0.15, -0.1) is 0 Å². The monoisotopic (exact) mass is 214 g/mol. The molecule has 0 spiro atoms. The van der Waals surface area contributed by atoms with E-state index in [1.807, 2.05) is 6.07 Å². The van der Waals surface area contributed by atoms with Crippen molar-refractivity contribution in [3.05, 3.63) is 42.0 Å². The lowest BCUT2D eigenvalue weighted by molar-refractivity contribution is 0.218. The Hall–Kier alpha value is -1.50. The second kappa shape index (κ2) is 4.56. The first-order chi connectivity index (χ1) is 7.69. The van der Waals surface area contributed by atoms with E-state index in [1.54, 1.807) is 0 Å². The average Bonchev–Trinajstić information content (AvgIpc) is 2.29. The van der Waals surface area contributed by atoms with Crippen molar-refractivity contribution in [2.45, 2.75) is 33.3 Å². The van der Waals surface area contributed by atoms with Gasteiger partial charge in [0.2, 0.25) is 0 Å². The van der Waals surface area contributed by atoms with Gasteiger partial charge >= 0.3 is 0 Å². The SMILES string of the molecule is CCC(C)Oc1ccc2cc(C)ccc2c1. The van der Waals surface area contributed by atoms with Crippen LogP contribution >= 0.6 is 0 Å². The third-order valence-corrected chi connectivity index (χ3v) is 2.88. The second-order valence-corrected chi connectivity index (χ2v) is 4.35. The zero-order valence-electron chi connectivity index (χ0n) is 10.2. The molecule has 2 aromatic carbocycles. The van der Waals surface area contributed by atoms with Crippen LogP contribution in [0, 0.1) is 6.92 Å². The van der Waals surface area contributed by atoms with Crippen LogP contribution in [0.3, 0.4) is 0 Å². The summed E-state index contributed by atoms with van der Waals surface area (Å²) in [6.45, 7) is 6.34. The van der Waals surface area contributed by atoms with Gasteiger partial charge < -0.3 is 4.74 Å². The van der Waals surface area contributed by atoms with Crippen LogP contribution in [0.2, 0.25) is 0 Å². The largest absolute Gasteiger partial charge is 0.491 e. The van der Waals surface area contributed by atoms with E-state index in [-0.39, 0.29) is 6.10 Å². The van der Waals surface area contributed by atoms with Gasteiger partial charge in [-0.05, 0) is 43.2 Å². The minimum absolute atomic E-state index is 0.280. The van der Waals surface area contributed by atoms with Crippen LogP contribution in [0.1, 0.15) is 25.8 Å². The Morgan fingerprint density at radius 3 is 2.50 bits per heavy atom. The standard InChI is InChI=1S/C15H18O/c1-4-12(3)16-15-8-7-13-9-11(2)5-6-14(13)10-15/h5-10,12H,4H2,1-3H3. The predicted molar refractivity (Wildman–Crippen MR) is 69.1 cm³/mol. The Morgan fingerprint density at radius 2 is 1.75 bits per heavy atom. The maximum absolute atomic E-state index is 5.80. The molecule has 1 unspecified atom stereocenters. The Bertz CT molecular complexity index is 488. The van der Waals surface area contributed by atoms with Crippen LogP contribution in [-0.4, -0.2) is 6.10 Å². The lowest BCUT2D eigenvalue weighted by atomic mass is 10.1. The number of ether oxygens (including phenoxy) is 1. The number of hydrogen-bond donors (Lipinski definition) is 0. The van der Waals surface area contributed by atoms with Crippen molar-refractivity contribution in [2.75, 3.05) is 0 Å². The Labute approximate surface area is 97.1 Å². The summed E-state index contributed by atoms with van der Waals surface area (Å²) in [4.78, 5) is 0. The van der Waals surface area contributed by atoms with E-state index in [0.29, 0.717) is 0 Å². The van der Waals surface area contributed by atoms with Crippen molar-refractivity contribution in [1.82, 2.24) is 0 Å². The molecule has 0 aliphatic rings. The highest BCUT2D eigenvalue weighted by atomic mass is 16.5. The molecule has 84 valence electrons. The summed E-state index contributed by atoms with van der Waals surface area (Å²) >= 11 is 0. The summed E-state index contributed by atoms with van der Waals surface area (Å²) in [5.74, 6) is 0.964. The molecule has 0 aromatic heterocycles. The van der Waals surface area contributed by atoms with Crippen molar-refractivity contribution in [3.8, 4) is 5.75 Å². The molecule has 0 radical (unpaired) electrons. The van der Waals surface area contributed by atoms with E-state index in [4.69, 9.17) is 4.74 Å². The van der Waals surface area contributed by atoms with Gasteiger partial charge in [-0.2, -0.15) is 0 Å². The number of aryl methyl sites for hydroxylation is 1. The topological polar surface area (TPSA) is 9.23 Å². The fourth-order valence-electron chi connectivity index (χ4n) is 1.73. The van der Waals surface area contributed by atoms with E-state index >= 15 is 0 Å². The third-order valence-electron chi connectivity index (χ3n) is 2.88. The van der Waals surface area contributed by atoms with Gasteiger partial charge in [0.1, 0.15) is 5.75 Å². The fraction of sp³-hybridized carbons (Fsp3) is 0.333. The Kier molecular flexibility index (Phi) is 3.14. The highest BCUT2D eigenvalue weighted by Gasteiger charge is 2.02. The summed E-state index contributed by atoms with van der Waals surface area (Å²) in [5, 5.41) is 2.52. The second-order valence-electron chi connectivity index (χ2n) is 4.35. The number of benzene rings is 2. The van der Waals surface area contributed by atoms with Gasteiger partial charge in [0.15, 0.2) is 0 Å². The maximum atomic E-state index is 5.80. The molecular weight excluding hydrogens is 196 g/mol. The summed E-state index contributed by atoms with van der Waals surface area (Å²) < 4.78 is 5.80. The van der Waals surface area contributed by atoms with E-state index in [9.17, 15) is 0 Å². The molecule has 0 aliphatic carbocycles. The Balaban J connectivity index is 2.33. The molecule has 0 heterocycles. The average molecular weight is 214 g/mol. The quantitative estimate of drug-likeness (QED) is 0.739. The van der Waals surface area contributed by atoms with Gasteiger partial charge in [0.25, 0.3) is 0 Å². The minimum Gasteiger partial charge on any atom is -0.491 e. The minimum atomic E-state index is 0.280. The smallest absolute Gasteiger partial charge is 0.120 e. The molecule has 2 aromatic rings. The molecule has 2 rings (SSSR count). The molecule has 0 N–H and O–H groups in total.